The Morgan fingerprint density at radius 1 is 0.306 bits per heavy atom. The summed E-state index contributed by atoms with van der Waals surface area (Å²) in [6.45, 7) is 0. The SMILES string of the molecule is c1ccc(-c2nc(-c3ccccc3-c3ccc4c(c3)C(c3ccccc3)(c3ccccc3)c3ccccc3-4)cc(-c3ccccc3-c3ccc4sc5ccccc5c4c3)n2)cc1. The van der Waals surface area contributed by atoms with Crippen molar-refractivity contribution < 1.29 is 0 Å². The Kier molecular flexibility index (Phi) is 8.62. The molecule has 0 fully saturated rings. The molecule has 2 aromatic heterocycles. The van der Waals surface area contributed by atoms with E-state index >= 15 is 0 Å². The molecule has 0 saturated carbocycles. The first-order chi connectivity index (χ1) is 30.7. The van der Waals surface area contributed by atoms with Crippen LogP contribution in [0.25, 0.3) is 87.5 Å². The van der Waals surface area contributed by atoms with Crippen LogP contribution in [0.15, 0.2) is 231 Å². The van der Waals surface area contributed by atoms with Crippen molar-refractivity contribution in [3.05, 3.63) is 253 Å². The molecule has 0 atom stereocenters. The second-order valence-electron chi connectivity index (χ2n) is 16.0. The third-order valence-electron chi connectivity index (χ3n) is 12.6. The number of hydrogen-bond donors (Lipinski definition) is 0. The monoisotopic (exact) mass is 806 g/mol. The number of benzene rings is 9. The van der Waals surface area contributed by atoms with Gasteiger partial charge in [-0.15, -0.1) is 11.3 Å². The highest BCUT2D eigenvalue weighted by Gasteiger charge is 2.46. The number of aromatic nitrogens is 2. The first kappa shape index (κ1) is 36.2. The third-order valence-corrected chi connectivity index (χ3v) is 13.8. The van der Waals surface area contributed by atoms with Crippen LogP contribution >= 0.6 is 11.3 Å². The van der Waals surface area contributed by atoms with Gasteiger partial charge in [-0.25, -0.2) is 9.97 Å². The molecule has 290 valence electrons. The minimum absolute atomic E-state index is 0.496. The zero-order valence-corrected chi connectivity index (χ0v) is 34.6. The number of nitrogens with zero attached hydrogens (tertiary/aromatic N) is 2. The van der Waals surface area contributed by atoms with Crippen LogP contribution in [0.5, 0.6) is 0 Å². The van der Waals surface area contributed by atoms with E-state index < -0.39 is 5.41 Å². The summed E-state index contributed by atoms with van der Waals surface area (Å²) < 4.78 is 2.60. The maximum atomic E-state index is 5.38. The second-order valence-corrected chi connectivity index (χ2v) is 17.1. The molecule has 62 heavy (non-hydrogen) atoms. The van der Waals surface area contributed by atoms with Gasteiger partial charge in [0, 0.05) is 36.9 Å². The molecule has 12 rings (SSSR count). The van der Waals surface area contributed by atoms with Crippen molar-refractivity contribution in [2.45, 2.75) is 5.41 Å². The molecule has 2 heterocycles. The molecule has 0 unspecified atom stereocenters. The van der Waals surface area contributed by atoms with Crippen molar-refractivity contribution in [2.24, 2.45) is 0 Å². The quantitative estimate of drug-likeness (QED) is 0.160. The fraction of sp³-hybridized carbons (Fsp3) is 0.0169. The van der Waals surface area contributed by atoms with E-state index in [0.29, 0.717) is 5.82 Å². The fourth-order valence-corrected chi connectivity index (χ4v) is 10.9. The molecular formula is C59H38N2S. The maximum Gasteiger partial charge on any atom is 0.160 e. The minimum Gasteiger partial charge on any atom is -0.228 e. The standard InChI is InChI=1S/C59H38N2S/c1-4-18-39(19-5-1)58-60-54(48-27-12-10-24-44(48)40-33-35-57-51(36-40)50-29-15-17-31-56(50)62-57)38-55(61-58)49-28-13-11-25-45(49)41-32-34-47-46-26-14-16-30-52(46)59(53(47)37-41,42-20-6-2-7-21-42)43-22-8-3-9-23-43/h1-38H. The number of rotatable bonds is 7. The van der Waals surface area contributed by atoms with Crippen LogP contribution in [0.4, 0.5) is 0 Å². The van der Waals surface area contributed by atoms with Gasteiger partial charge in [-0.1, -0.05) is 200 Å². The highest BCUT2D eigenvalue weighted by Crippen LogP contribution is 2.57. The fourth-order valence-electron chi connectivity index (χ4n) is 9.86. The van der Waals surface area contributed by atoms with Crippen LogP contribution in [0.2, 0.25) is 0 Å². The smallest absolute Gasteiger partial charge is 0.160 e. The molecule has 2 nitrogen and oxygen atoms in total. The Morgan fingerprint density at radius 2 is 0.790 bits per heavy atom. The Labute approximate surface area is 365 Å². The number of hydrogen-bond acceptors (Lipinski definition) is 3. The number of thiophene rings is 1. The molecular weight excluding hydrogens is 769 g/mol. The maximum absolute atomic E-state index is 5.38. The average molecular weight is 807 g/mol. The van der Waals surface area contributed by atoms with Crippen molar-refractivity contribution >= 4 is 31.5 Å². The largest absolute Gasteiger partial charge is 0.228 e. The molecule has 0 amide bonds. The van der Waals surface area contributed by atoms with Gasteiger partial charge in [0.25, 0.3) is 0 Å². The van der Waals surface area contributed by atoms with Crippen molar-refractivity contribution in [1.82, 2.24) is 9.97 Å². The summed E-state index contributed by atoms with van der Waals surface area (Å²) in [6, 6.07) is 83.5. The third kappa shape index (κ3) is 5.78. The molecule has 0 bridgehead atoms. The molecule has 0 N–H and O–H groups in total. The summed E-state index contributed by atoms with van der Waals surface area (Å²) in [5.41, 5.74) is 16.5. The summed E-state index contributed by atoms with van der Waals surface area (Å²) in [5, 5.41) is 2.57. The van der Waals surface area contributed by atoms with Gasteiger partial charge < -0.3 is 0 Å². The first-order valence-electron chi connectivity index (χ1n) is 21.1. The predicted octanol–water partition coefficient (Wildman–Crippen LogP) is 15.5. The van der Waals surface area contributed by atoms with Gasteiger partial charge in [0.2, 0.25) is 0 Å². The Morgan fingerprint density at radius 3 is 1.45 bits per heavy atom. The van der Waals surface area contributed by atoms with Crippen molar-refractivity contribution in [3.63, 3.8) is 0 Å². The van der Waals surface area contributed by atoms with E-state index in [1.165, 1.54) is 53.6 Å². The van der Waals surface area contributed by atoms with Gasteiger partial charge in [0.05, 0.1) is 16.8 Å². The Bertz CT molecular complexity index is 3420. The van der Waals surface area contributed by atoms with E-state index in [1.807, 2.05) is 17.4 Å². The van der Waals surface area contributed by atoms with Crippen LogP contribution in [-0.2, 0) is 5.41 Å². The lowest BCUT2D eigenvalue weighted by Gasteiger charge is -2.34. The molecule has 3 heteroatoms. The van der Waals surface area contributed by atoms with Crippen LogP contribution in [0.1, 0.15) is 22.3 Å². The molecule has 1 aliphatic carbocycles. The zero-order valence-electron chi connectivity index (χ0n) is 33.7. The van der Waals surface area contributed by atoms with E-state index in [0.717, 1.165) is 50.3 Å². The van der Waals surface area contributed by atoms with Gasteiger partial charge in [0.15, 0.2) is 5.82 Å². The molecule has 9 aromatic carbocycles. The van der Waals surface area contributed by atoms with Crippen molar-refractivity contribution in [3.8, 4) is 67.3 Å². The molecule has 11 aromatic rings. The van der Waals surface area contributed by atoms with Crippen LogP contribution in [-0.4, -0.2) is 9.97 Å². The predicted molar refractivity (Wildman–Crippen MR) is 259 cm³/mol. The van der Waals surface area contributed by atoms with Crippen LogP contribution in [0, 0.1) is 0 Å². The molecule has 0 spiro atoms. The topological polar surface area (TPSA) is 25.8 Å². The Balaban J connectivity index is 1.05. The van der Waals surface area contributed by atoms with E-state index in [1.54, 1.807) is 0 Å². The highest BCUT2D eigenvalue weighted by molar-refractivity contribution is 7.25. The normalized spacial score (nSPS) is 12.6. The van der Waals surface area contributed by atoms with E-state index in [-0.39, 0.29) is 0 Å². The molecule has 0 radical (unpaired) electrons. The number of fused-ring (bicyclic) bond motifs is 6. The van der Waals surface area contributed by atoms with Crippen molar-refractivity contribution in [1.29, 1.82) is 0 Å². The molecule has 0 aliphatic heterocycles. The van der Waals surface area contributed by atoms with E-state index in [9.17, 15) is 0 Å². The van der Waals surface area contributed by atoms with Crippen molar-refractivity contribution in [2.75, 3.05) is 0 Å². The first-order valence-corrected chi connectivity index (χ1v) is 22.0. The molecule has 1 aliphatic rings. The lowest BCUT2D eigenvalue weighted by atomic mass is 9.67. The summed E-state index contributed by atoms with van der Waals surface area (Å²) in [6.07, 6.45) is 0. The summed E-state index contributed by atoms with van der Waals surface area (Å²) >= 11 is 1.84. The summed E-state index contributed by atoms with van der Waals surface area (Å²) in [7, 11) is 0. The van der Waals surface area contributed by atoms with Gasteiger partial charge >= 0.3 is 0 Å². The van der Waals surface area contributed by atoms with Gasteiger partial charge in [0.1, 0.15) is 0 Å². The minimum atomic E-state index is -0.496. The van der Waals surface area contributed by atoms with E-state index in [2.05, 4.69) is 224 Å². The molecule has 0 saturated heterocycles. The van der Waals surface area contributed by atoms with Gasteiger partial charge in [-0.2, -0.15) is 0 Å². The second kappa shape index (κ2) is 14.8. The summed E-state index contributed by atoms with van der Waals surface area (Å²) in [4.78, 5) is 10.7. The zero-order chi connectivity index (χ0) is 41.0. The average Bonchev–Trinajstić information content (AvgIpc) is 3.88. The Hall–Kier alpha value is -7.72. The van der Waals surface area contributed by atoms with Crippen LogP contribution < -0.4 is 0 Å². The lowest BCUT2D eigenvalue weighted by Crippen LogP contribution is -2.28. The highest BCUT2D eigenvalue weighted by atomic mass is 32.1. The van der Waals surface area contributed by atoms with E-state index in [4.69, 9.17) is 9.97 Å². The lowest BCUT2D eigenvalue weighted by molar-refractivity contribution is 0.769. The van der Waals surface area contributed by atoms with Gasteiger partial charge in [-0.05, 0) is 86.0 Å². The van der Waals surface area contributed by atoms with Gasteiger partial charge in [-0.3, -0.25) is 0 Å². The van der Waals surface area contributed by atoms with Crippen LogP contribution in [0.3, 0.4) is 0 Å². The summed E-state index contributed by atoms with van der Waals surface area (Å²) in [5.74, 6) is 0.693.